The van der Waals surface area contributed by atoms with Crippen LogP contribution in [-0.4, -0.2) is 17.6 Å². The van der Waals surface area contributed by atoms with Crippen LogP contribution in [-0.2, 0) is 4.74 Å². The number of alkyl halides is 1. The standard InChI is InChI=1S/C13H25ClO/c1-5-7-13(4,10-14)9-11-6-8-12(2,3)15-11/h11H,5-10H2,1-4H3. The number of hydrogen-bond donors (Lipinski definition) is 0. The molecule has 0 aromatic rings. The van der Waals surface area contributed by atoms with E-state index in [1.165, 1.54) is 25.7 Å². The van der Waals surface area contributed by atoms with Crippen LogP contribution in [0.15, 0.2) is 0 Å². The summed E-state index contributed by atoms with van der Waals surface area (Å²) in [6, 6.07) is 0. The van der Waals surface area contributed by atoms with E-state index >= 15 is 0 Å². The Kier molecular flexibility index (Phi) is 4.49. The van der Waals surface area contributed by atoms with Crippen LogP contribution in [0, 0.1) is 5.41 Å². The van der Waals surface area contributed by atoms with Gasteiger partial charge in [-0.05, 0) is 44.9 Å². The molecular formula is C13H25ClO. The van der Waals surface area contributed by atoms with Gasteiger partial charge < -0.3 is 4.74 Å². The van der Waals surface area contributed by atoms with Crippen LogP contribution in [0.25, 0.3) is 0 Å². The smallest absolute Gasteiger partial charge is 0.0631 e. The zero-order valence-corrected chi connectivity index (χ0v) is 11.4. The SMILES string of the molecule is CCCC(C)(CCl)CC1CCC(C)(C)O1. The largest absolute Gasteiger partial charge is 0.372 e. The third-order valence-electron chi connectivity index (χ3n) is 3.45. The maximum atomic E-state index is 6.08. The van der Waals surface area contributed by atoms with Crippen molar-refractivity contribution >= 4 is 11.6 Å². The Morgan fingerprint density at radius 1 is 1.47 bits per heavy atom. The van der Waals surface area contributed by atoms with Crippen LogP contribution >= 0.6 is 11.6 Å². The number of halogens is 1. The average Bonchev–Trinajstić information content (AvgIpc) is 2.46. The van der Waals surface area contributed by atoms with E-state index in [0.29, 0.717) is 6.10 Å². The summed E-state index contributed by atoms with van der Waals surface area (Å²) in [5.41, 5.74) is 0.353. The second-order valence-corrected chi connectivity index (χ2v) is 6.20. The molecule has 1 aliphatic heterocycles. The molecule has 0 aliphatic carbocycles. The Morgan fingerprint density at radius 2 is 2.13 bits per heavy atom. The predicted molar refractivity (Wildman–Crippen MR) is 66.5 cm³/mol. The Hall–Kier alpha value is 0.250. The molecule has 0 radical (unpaired) electrons. The Bertz CT molecular complexity index is 203. The normalized spacial score (nSPS) is 29.0. The summed E-state index contributed by atoms with van der Waals surface area (Å²) in [7, 11) is 0. The first-order valence-corrected chi connectivity index (χ1v) is 6.68. The minimum absolute atomic E-state index is 0.0874. The lowest BCUT2D eigenvalue weighted by atomic mass is 9.81. The molecule has 1 rings (SSSR count). The van der Waals surface area contributed by atoms with E-state index < -0.39 is 0 Å². The summed E-state index contributed by atoms with van der Waals surface area (Å²) in [5.74, 6) is 0.751. The Balaban J connectivity index is 2.46. The second kappa shape index (κ2) is 5.05. The second-order valence-electron chi connectivity index (χ2n) is 5.94. The van der Waals surface area contributed by atoms with Gasteiger partial charge in [-0.15, -0.1) is 11.6 Å². The zero-order valence-electron chi connectivity index (χ0n) is 10.6. The van der Waals surface area contributed by atoms with Gasteiger partial charge in [0, 0.05) is 5.88 Å². The van der Waals surface area contributed by atoms with Crippen molar-refractivity contribution < 1.29 is 4.74 Å². The molecular weight excluding hydrogens is 208 g/mol. The van der Waals surface area contributed by atoms with Crippen molar-refractivity contribution in [3.63, 3.8) is 0 Å². The van der Waals surface area contributed by atoms with Gasteiger partial charge in [0.2, 0.25) is 0 Å². The van der Waals surface area contributed by atoms with E-state index in [9.17, 15) is 0 Å². The molecule has 0 bridgehead atoms. The molecule has 90 valence electrons. The number of rotatable bonds is 5. The first-order valence-electron chi connectivity index (χ1n) is 6.14. The molecule has 0 amide bonds. The van der Waals surface area contributed by atoms with Crippen LogP contribution in [0.3, 0.4) is 0 Å². The molecule has 0 aromatic heterocycles. The molecule has 1 saturated heterocycles. The first kappa shape index (κ1) is 13.3. The first-order chi connectivity index (χ1) is 6.91. The number of hydrogen-bond acceptors (Lipinski definition) is 1. The summed E-state index contributed by atoms with van der Waals surface area (Å²) < 4.78 is 6.03. The molecule has 1 nitrogen and oxygen atoms in total. The van der Waals surface area contributed by atoms with E-state index in [2.05, 4.69) is 27.7 Å². The summed E-state index contributed by atoms with van der Waals surface area (Å²) in [4.78, 5) is 0. The van der Waals surface area contributed by atoms with Crippen molar-refractivity contribution in [2.75, 3.05) is 5.88 Å². The van der Waals surface area contributed by atoms with Gasteiger partial charge in [0.1, 0.15) is 0 Å². The van der Waals surface area contributed by atoms with Gasteiger partial charge in [0.25, 0.3) is 0 Å². The molecule has 1 fully saturated rings. The van der Waals surface area contributed by atoms with Gasteiger partial charge >= 0.3 is 0 Å². The van der Waals surface area contributed by atoms with Crippen molar-refractivity contribution in [2.45, 2.75) is 71.5 Å². The van der Waals surface area contributed by atoms with E-state index in [4.69, 9.17) is 16.3 Å². The summed E-state index contributed by atoms with van der Waals surface area (Å²) in [6.07, 6.45) is 6.34. The minimum Gasteiger partial charge on any atom is -0.372 e. The van der Waals surface area contributed by atoms with E-state index in [-0.39, 0.29) is 11.0 Å². The molecule has 2 heteroatoms. The summed E-state index contributed by atoms with van der Waals surface area (Å²) >= 11 is 6.08. The molecule has 1 aliphatic rings. The highest BCUT2D eigenvalue weighted by atomic mass is 35.5. The Labute approximate surface area is 99.5 Å². The van der Waals surface area contributed by atoms with E-state index in [0.717, 1.165) is 12.3 Å². The number of ether oxygens (including phenoxy) is 1. The zero-order chi connectivity index (χ0) is 11.5. The van der Waals surface area contributed by atoms with Gasteiger partial charge in [-0.1, -0.05) is 20.3 Å². The third-order valence-corrected chi connectivity index (χ3v) is 4.10. The Morgan fingerprint density at radius 3 is 2.53 bits per heavy atom. The van der Waals surface area contributed by atoms with Gasteiger partial charge in [-0.2, -0.15) is 0 Å². The highest BCUT2D eigenvalue weighted by Crippen LogP contribution is 2.38. The van der Waals surface area contributed by atoms with Crippen LogP contribution in [0.2, 0.25) is 0 Å². The lowest BCUT2D eigenvalue weighted by molar-refractivity contribution is -0.0323. The van der Waals surface area contributed by atoms with Crippen LogP contribution in [0.1, 0.15) is 59.8 Å². The molecule has 0 saturated carbocycles. The summed E-state index contributed by atoms with van der Waals surface area (Å²) in [5, 5.41) is 0. The summed E-state index contributed by atoms with van der Waals surface area (Å²) in [6.45, 7) is 8.89. The lowest BCUT2D eigenvalue weighted by Gasteiger charge is -2.30. The van der Waals surface area contributed by atoms with Crippen molar-refractivity contribution in [1.29, 1.82) is 0 Å². The molecule has 15 heavy (non-hydrogen) atoms. The van der Waals surface area contributed by atoms with Gasteiger partial charge in [0.15, 0.2) is 0 Å². The van der Waals surface area contributed by atoms with Crippen LogP contribution in [0.4, 0.5) is 0 Å². The van der Waals surface area contributed by atoms with Gasteiger partial charge in [0.05, 0.1) is 11.7 Å². The van der Waals surface area contributed by atoms with E-state index in [1.807, 2.05) is 0 Å². The third kappa shape index (κ3) is 3.96. The maximum absolute atomic E-state index is 6.08. The molecule has 2 atom stereocenters. The lowest BCUT2D eigenvalue weighted by Crippen LogP contribution is -2.27. The van der Waals surface area contributed by atoms with Gasteiger partial charge in [-0.25, -0.2) is 0 Å². The molecule has 0 aromatic carbocycles. The topological polar surface area (TPSA) is 9.23 Å². The average molecular weight is 233 g/mol. The fourth-order valence-corrected chi connectivity index (χ4v) is 2.84. The molecule has 0 spiro atoms. The van der Waals surface area contributed by atoms with Gasteiger partial charge in [-0.3, -0.25) is 0 Å². The fraction of sp³-hybridized carbons (Fsp3) is 1.00. The monoisotopic (exact) mass is 232 g/mol. The van der Waals surface area contributed by atoms with E-state index in [1.54, 1.807) is 0 Å². The fourth-order valence-electron chi connectivity index (χ4n) is 2.60. The molecule has 0 N–H and O–H groups in total. The van der Waals surface area contributed by atoms with Crippen molar-refractivity contribution in [3.05, 3.63) is 0 Å². The van der Waals surface area contributed by atoms with Crippen molar-refractivity contribution in [1.82, 2.24) is 0 Å². The predicted octanol–water partition coefficient (Wildman–Crippen LogP) is 4.38. The minimum atomic E-state index is 0.0874. The maximum Gasteiger partial charge on any atom is 0.0631 e. The van der Waals surface area contributed by atoms with Crippen molar-refractivity contribution in [3.8, 4) is 0 Å². The molecule has 2 unspecified atom stereocenters. The quantitative estimate of drug-likeness (QED) is 0.640. The van der Waals surface area contributed by atoms with Crippen molar-refractivity contribution in [2.24, 2.45) is 5.41 Å². The highest BCUT2D eigenvalue weighted by Gasteiger charge is 2.36. The molecule has 1 heterocycles. The van der Waals surface area contributed by atoms with Crippen LogP contribution in [0.5, 0.6) is 0 Å². The van der Waals surface area contributed by atoms with Crippen LogP contribution < -0.4 is 0 Å². The highest BCUT2D eigenvalue weighted by molar-refractivity contribution is 6.18.